The normalized spacial score (nSPS) is 10.8. The highest BCUT2D eigenvalue weighted by Crippen LogP contribution is 2.28. The summed E-state index contributed by atoms with van der Waals surface area (Å²) in [4.78, 5) is 8.36. The summed E-state index contributed by atoms with van der Waals surface area (Å²) in [5, 5.41) is 0. The third kappa shape index (κ3) is 1.57. The third-order valence-electron chi connectivity index (χ3n) is 2.50. The van der Waals surface area contributed by atoms with E-state index in [0.29, 0.717) is 28.4 Å². The van der Waals surface area contributed by atoms with Gasteiger partial charge in [-0.1, -0.05) is 0 Å². The van der Waals surface area contributed by atoms with Crippen molar-refractivity contribution in [2.24, 2.45) is 0 Å². The SMILES string of the molecule is Nc1cc2nc(-c3cccnc3)oc2cc1N. The largest absolute Gasteiger partial charge is 0.436 e. The summed E-state index contributed by atoms with van der Waals surface area (Å²) in [6.45, 7) is 0. The van der Waals surface area contributed by atoms with Gasteiger partial charge in [0, 0.05) is 18.5 Å². The lowest BCUT2D eigenvalue weighted by Crippen LogP contribution is -1.93. The Hall–Kier alpha value is -2.56. The Bertz CT molecular complexity index is 637. The minimum atomic E-state index is 0.492. The summed E-state index contributed by atoms with van der Waals surface area (Å²) < 4.78 is 5.60. The Morgan fingerprint density at radius 2 is 1.94 bits per heavy atom. The quantitative estimate of drug-likeness (QED) is 0.619. The molecular formula is C12H10N4O. The molecule has 2 aromatic heterocycles. The Morgan fingerprint density at radius 3 is 2.71 bits per heavy atom. The van der Waals surface area contributed by atoms with Crippen molar-refractivity contribution in [1.82, 2.24) is 9.97 Å². The molecule has 0 aliphatic rings. The fourth-order valence-electron chi connectivity index (χ4n) is 1.62. The van der Waals surface area contributed by atoms with Gasteiger partial charge in [0.1, 0.15) is 5.52 Å². The van der Waals surface area contributed by atoms with Crippen molar-refractivity contribution >= 4 is 22.5 Å². The van der Waals surface area contributed by atoms with Crippen molar-refractivity contribution in [1.29, 1.82) is 0 Å². The number of rotatable bonds is 1. The third-order valence-corrected chi connectivity index (χ3v) is 2.50. The number of hydrogen-bond acceptors (Lipinski definition) is 5. The Labute approximate surface area is 97.1 Å². The molecule has 0 spiro atoms. The van der Waals surface area contributed by atoms with Crippen LogP contribution in [0.2, 0.25) is 0 Å². The zero-order valence-corrected chi connectivity index (χ0v) is 8.92. The molecule has 0 unspecified atom stereocenters. The molecule has 0 aliphatic heterocycles. The van der Waals surface area contributed by atoms with Crippen LogP contribution in [0.1, 0.15) is 0 Å². The molecule has 0 amide bonds. The number of benzene rings is 1. The van der Waals surface area contributed by atoms with Crippen LogP contribution in [0.25, 0.3) is 22.6 Å². The molecule has 3 aromatic rings. The first-order valence-electron chi connectivity index (χ1n) is 5.10. The first kappa shape index (κ1) is 9.65. The fraction of sp³-hybridized carbons (Fsp3) is 0. The van der Waals surface area contributed by atoms with Crippen LogP contribution in [0.3, 0.4) is 0 Å². The van der Waals surface area contributed by atoms with Crippen molar-refractivity contribution in [3.05, 3.63) is 36.7 Å². The van der Waals surface area contributed by atoms with Gasteiger partial charge in [-0.15, -0.1) is 0 Å². The second-order valence-corrected chi connectivity index (χ2v) is 3.71. The minimum Gasteiger partial charge on any atom is -0.436 e. The van der Waals surface area contributed by atoms with Gasteiger partial charge in [0.2, 0.25) is 5.89 Å². The van der Waals surface area contributed by atoms with Crippen LogP contribution in [0.4, 0.5) is 11.4 Å². The van der Waals surface area contributed by atoms with Gasteiger partial charge >= 0.3 is 0 Å². The maximum absolute atomic E-state index is 5.71. The summed E-state index contributed by atoms with van der Waals surface area (Å²) in [6, 6.07) is 7.09. The van der Waals surface area contributed by atoms with Gasteiger partial charge in [-0.05, 0) is 18.2 Å². The van der Waals surface area contributed by atoms with E-state index >= 15 is 0 Å². The van der Waals surface area contributed by atoms with Crippen LogP contribution in [-0.2, 0) is 0 Å². The van der Waals surface area contributed by atoms with E-state index in [-0.39, 0.29) is 0 Å². The number of fused-ring (bicyclic) bond motifs is 1. The predicted molar refractivity (Wildman–Crippen MR) is 66.1 cm³/mol. The summed E-state index contributed by atoms with van der Waals surface area (Å²) in [7, 11) is 0. The van der Waals surface area contributed by atoms with E-state index in [1.165, 1.54) is 0 Å². The lowest BCUT2D eigenvalue weighted by Gasteiger charge is -1.96. The fourth-order valence-corrected chi connectivity index (χ4v) is 1.62. The van der Waals surface area contributed by atoms with Crippen LogP contribution in [0, 0.1) is 0 Å². The van der Waals surface area contributed by atoms with Crippen LogP contribution in [-0.4, -0.2) is 9.97 Å². The zero-order valence-electron chi connectivity index (χ0n) is 8.92. The van der Waals surface area contributed by atoms with Gasteiger partial charge in [-0.3, -0.25) is 4.98 Å². The number of pyridine rings is 1. The molecule has 17 heavy (non-hydrogen) atoms. The van der Waals surface area contributed by atoms with Crippen LogP contribution in [0.15, 0.2) is 41.1 Å². The first-order chi connectivity index (χ1) is 8.24. The lowest BCUT2D eigenvalue weighted by molar-refractivity contribution is 0.619. The van der Waals surface area contributed by atoms with E-state index in [1.807, 2.05) is 12.1 Å². The Balaban J connectivity index is 2.21. The average molecular weight is 226 g/mol. The monoisotopic (exact) mass is 226 g/mol. The molecule has 1 aromatic carbocycles. The number of aromatic nitrogens is 2. The number of anilines is 2. The molecule has 0 saturated carbocycles. The van der Waals surface area contributed by atoms with Crippen molar-refractivity contribution in [3.8, 4) is 11.5 Å². The van der Waals surface area contributed by atoms with E-state index in [4.69, 9.17) is 15.9 Å². The van der Waals surface area contributed by atoms with E-state index in [0.717, 1.165) is 5.56 Å². The van der Waals surface area contributed by atoms with Crippen molar-refractivity contribution in [2.45, 2.75) is 0 Å². The van der Waals surface area contributed by atoms with Crippen molar-refractivity contribution < 1.29 is 4.42 Å². The molecule has 2 heterocycles. The molecule has 0 fully saturated rings. The molecular weight excluding hydrogens is 216 g/mol. The zero-order chi connectivity index (χ0) is 11.8. The molecule has 4 N–H and O–H groups in total. The van der Waals surface area contributed by atoms with Gasteiger partial charge in [-0.2, -0.15) is 0 Å². The second kappa shape index (κ2) is 3.48. The maximum atomic E-state index is 5.71. The van der Waals surface area contributed by atoms with Crippen LogP contribution in [0.5, 0.6) is 0 Å². The lowest BCUT2D eigenvalue weighted by atomic mass is 10.2. The van der Waals surface area contributed by atoms with E-state index in [2.05, 4.69) is 9.97 Å². The number of nitrogens with two attached hydrogens (primary N) is 2. The minimum absolute atomic E-state index is 0.492. The molecule has 0 aliphatic carbocycles. The maximum Gasteiger partial charge on any atom is 0.228 e. The number of oxazole rings is 1. The second-order valence-electron chi connectivity index (χ2n) is 3.71. The topological polar surface area (TPSA) is 91.0 Å². The Kier molecular flexibility index (Phi) is 1.98. The summed E-state index contributed by atoms with van der Waals surface area (Å²) in [5.74, 6) is 0.512. The highest BCUT2D eigenvalue weighted by Gasteiger charge is 2.09. The van der Waals surface area contributed by atoms with Crippen LogP contribution < -0.4 is 11.5 Å². The molecule has 5 nitrogen and oxygen atoms in total. The molecule has 0 atom stereocenters. The van der Waals surface area contributed by atoms with Gasteiger partial charge in [0.15, 0.2) is 5.58 Å². The van der Waals surface area contributed by atoms with Crippen molar-refractivity contribution in [2.75, 3.05) is 11.5 Å². The summed E-state index contributed by atoms with van der Waals surface area (Å²) in [5.41, 5.74) is 14.6. The summed E-state index contributed by atoms with van der Waals surface area (Å²) in [6.07, 6.45) is 3.39. The van der Waals surface area contributed by atoms with Gasteiger partial charge in [0.05, 0.1) is 16.9 Å². The van der Waals surface area contributed by atoms with E-state index in [9.17, 15) is 0 Å². The number of nitrogens with zero attached hydrogens (tertiary/aromatic N) is 2. The standard InChI is InChI=1S/C12H10N4O/c13-8-4-10-11(5-9(8)14)17-12(16-10)7-2-1-3-15-6-7/h1-6H,13-14H2. The smallest absolute Gasteiger partial charge is 0.228 e. The number of hydrogen-bond donors (Lipinski definition) is 2. The molecule has 84 valence electrons. The highest BCUT2D eigenvalue weighted by atomic mass is 16.3. The molecule has 0 bridgehead atoms. The molecule has 0 radical (unpaired) electrons. The van der Waals surface area contributed by atoms with Gasteiger partial charge in [-0.25, -0.2) is 4.98 Å². The van der Waals surface area contributed by atoms with Crippen molar-refractivity contribution in [3.63, 3.8) is 0 Å². The average Bonchev–Trinajstić information content (AvgIpc) is 2.74. The molecule has 5 heteroatoms. The summed E-state index contributed by atoms with van der Waals surface area (Å²) >= 11 is 0. The molecule has 0 saturated heterocycles. The van der Waals surface area contributed by atoms with E-state index in [1.54, 1.807) is 24.5 Å². The Morgan fingerprint density at radius 1 is 1.12 bits per heavy atom. The van der Waals surface area contributed by atoms with Crippen LogP contribution >= 0.6 is 0 Å². The predicted octanol–water partition coefficient (Wildman–Crippen LogP) is 2.05. The first-order valence-corrected chi connectivity index (χ1v) is 5.10. The van der Waals surface area contributed by atoms with Gasteiger partial charge < -0.3 is 15.9 Å². The van der Waals surface area contributed by atoms with E-state index < -0.39 is 0 Å². The number of nitrogen functional groups attached to an aromatic ring is 2. The van der Waals surface area contributed by atoms with Gasteiger partial charge in [0.25, 0.3) is 0 Å². The molecule has 3 rings (SSSR count). The highest BCUT2D eigenvalue weighted by molar-refractivity contribution is 5.85.